The highest BCUT2D eigenvalue weighted by Gasteiger charge is 2.35. The molecule has 0 fully saturated rings. The number of hydrogen-bond acceptors (Lipinski definition) is 5. The molecule has 9 nitrogen and oxygen atoms in total. The van der Waals surface area contributed by atoms with Crippen LogP contribution in [0.5, 0.6) is 0 Å². The lowest BCUT2D eigenvalue weighted by molar-refractivity contribution is -0.113. The molecule has 5 N–H and O–H groups in total. The average Bonchev–Trinajstić information content (AvgIpc) is 3.39. The Bertz CT molecular complexity index is 1400. The van der Waals surface area contributed by atoms with E-state index in [0.717, 1.165) is 10.9 Å². The second-order valence-electron chi connectivity index (χ2n) is 7.46. The zero-order valence-electron chi connectivity index (χ0n) is 16.9. The number of H-pyrrole nitrogens is 1. The maximum Gasteiger partial charge on any atom is 0.255 e. The molecule has 1 aliphatic heterocycles. The van der Waals surface area contributed by atoms with Crippen LogP contribution in [0.3, 0.4) is 0 Å². The molecular weight excluding hydrogens is 413 g/mol. The minimum Gasteiger partial charge on any atom is -0.365 e. The van der Waals surface area contributed by atoms with E-state index in [0.29, 0.717) is 28.3 Å². The molecule has 2 amide bonds. The van der Waals surface area contributed by atoms with Gasteiger partial charge in [0.15, 0.2) is 0 Å². The van der Waals surface area contributed by atoms with Crippen LogP contribution in [0.2, 0.25) is 0 Å². The van der Waals surface area contributed by atoms with Crippen molar-refractivity contribution in [3.63, 3.8) is 0 Å². The number of allylic oxidation sites excluding steroid dienone is 1. The van der Waals surface area contributed by atoms with Crippen LogP contribution in [-0.2, 0) is 4.79 Å². The van der Waals surface area contributed by atoms with Crippen LogP contribution in [-0.4, -0.2) is 31.8 Å². The second kappa shape index (κ2) is 7.34. The molecule has 5 rings (SSSR count). The first-order valence-electron chi connectivity index (χ1n) is 9.77. The van der Waals surface area contributed by atoms with E-state index >= 15 is 0 Å². The van der Waals surface area contributed by atoms with E-state index in [2.05, 4.69) is 25.9 Å². The highest BCUT2D eigenvalue weighted by Crippen LogP contribution is 2.37. The summed E-state index contributed by atoms with van der Waals surface area (Å²) in [4.78, 5) is 25.3. The van der Waals surface area contributed by atoms with Gasteiger partial charge < -0.3 is 16.4 Å². The lowest BCUT2D eigenvalue weighted by atomic mass is 9.94. The van der Waals surface area contributed by atoms with Gasteiger partial charge in [0, 0.05) is 16.8 Å². The zero-order chi connectivity index (χ0) is 22.4. The molecule has 0 saturated carbocycles. The third-order valence-electron chi connectivity index (χ3n) is 5.42. The number of hydrogen-bond donors (Lipinski definition) is 4. The Labute approximate surface area is 181 Å². The monoisotopic (exact) mass is 431 g/mol. The number of benzene rings is 2. The first-order chi connectivity index (χ1) is 15.4. The van der Waals surface area contributed by atoms with E-state index in [9.17, 15) is 14.0 Å². The van der Waals surface area contributed by atoms with E-state index in [-0.39, 0.29) is 11.5 Å². The summed E-state index contributed by atoms with van der Waals surface area (Å²) in [6, 6.07) is 10.5. The number of aromatic amines is 1. The Morgan fingerprint density at radius 3 is 2.69 bits per heavy atom. The van der Waals surface area contributed by atoms with E-state index in [1.54, 1.807) is 37.4 Å². The van der Waals surface area contributed by atoms with Gasteiger partial charge in [0.2, 0.25) is 0 Å². The molecular formula is C22H18FN7O2. The number of halogens is 1. The molecule has 0 saturated heterocycles. The maximum absolute atomic E-state index is 13.6. The number of anilines is 2. The Kier molecular flexibility index (Phi) is 4.47. The molecule has 1 aliphatic rings. The Balaban J connectivity index is 1.58. The van der Waals surface area contributed by atoms with Crippen molar-refractivity contribution < 1.29 is 14.0 Å². The number of carbonyl (C=O) groups excluding carboxylic acids is 2. The molecule has 0 bridgehead atoms. The molecule has 2 aromatic heterocycles. The zero-order valence-corrected chi connectivity index (χ0v) is 16.9. The number of amides is 2. The predicted molar refractivity (Wildman–Crippen MR) is 116 cm³/mol. The summed E-state index contributed by atoms with van der Waals surface area (Å²) >= 11 is 0. The molecule has 32 heavy (non-hydrogen) atoms. The minimum absolute atomic E-state index is 0.196. The van der Waals surface area contributed by atoms with Gasteiger partial charge in [-0.05, 0) is 42.8 Å². The number of carbonyl (C=O) groups is 2. The minimum atomic E-state index is -0.697. The van der Waals surface area contributed by atoms with E-state index in [1.807, 2.05) is 6.07 Å². The number of nitrogens with two attached hydrogens (primary N) is 1. The smallest absolute Gasteiger partial charge is 0.255 e. The molecule has 1 unspecified atom stereocenters. The Morgan fingerprint density at radius 1 is 1.16 bits per heavy atom. The first kappa shape index (κ1) is 19.5. The van der Waals surface area contributed by atoms with Crippen molar-refractivity contribution in [1.82, 2.24) is 20.0 Å². The summed E-state index contributed by atoms with van der Waals surface area (Å²) in [7, 11) is 0. The third-order valence-corrected chi connectivity index (χ3v) is 5.42. The number of nitrogens with zero attached hydrogens (tertiary/aromatic N) is 3. The predicted octanol–water partition coefficient (Wildman–Crippen LogP) is 2.92. The quantitative estimate of drug-likeness (QED) is 0.395. The van der Waals surface area contributed by atoms with Crippen molar-refractivity contribution in [2.45, 2.75) is 13.0 Å². The van der Waals surface area contributed by atoms with Gasteiger partial charge in [0.25, 0.3) is 11.8 Å². The third kappa shape index (κ3) is 3.18. The van der Waals surface area contributed by atoms with Gasteiger partial charge in [0.05, 0.1) is 23.5 Å². The fraction of sp³-hybridized carbons (Fsp3) is 0.0909. The molecule has 2 aromatic carbocycles. The normalized spacial score (nSPS) is 15.4. The molecule has 0 radical (unpaired) electrons. The van der Waals surface area contributed by atoms with Crippen molar-refractivity contribution in [3.05, 3.63) is 83.1 Å². The van der Waals surface area contributed by atoms with Crippen LogP contribution in [0, 0.1) is 5.82 Å². The molecule has 0 spiro atoms. The Morgan fingerprint density at radius 2 is 1.94 bits per heavy atom. The van der Waals surface area contributed by atoms with Crippen LogP contribution >= 0.6 is 0 Å². The van der Waals surface area contributed by atoms with Crippen molar-refractivity contribution in [2.75, 3.05) is 10.6 Å². The second-order valence-corrected chi connectivity index (χ2v) is 7.46. The van der Waals surface area contributed by atoms with Crippen LogP contribution in [0.25, 0.3) is 10.9 Å². The van der Waals surface area contributed by atoms with Crippen LogP contribution in [0.15, 0.2) is 66.1 Å². The fourth-order valence-electron chi connectivity index (χ4n) is 3.90. The van der Waals surface area contributed by atoms with E-state index in [1.165, 1.54) is 23.0 Å². The summed E-state index contributed by atoms with van der Waals surface area (Å²) in [5, 5.41) is 18.0. The molecule has 1 atom stereocenters. The number of primary amides is 1. The van der Waals surface area contributed by atoms with Crippen molar-refractivity contribution in [1.29, 1.82) is 0 Å². The summed E-state index contributed by atoms with van der Waals surface area (Å²) in [6.45, 7) is 1.73. The van der Waals surface area contributed by atoms with E-state index in [4.69, 9.17) is 5.73 Å². The SMILES string of the molecule is CC1=C(C(=O)Nc2ccc3[nH]ncc3c2)C(c2ccc(F)cc2)n2ncc(C(N)=O)c2N1. The van der Waals surface area contributed by atoms with Crippen LogP contribution < -0.4 is 16.4 Å². The highest BCUT2D eigenvalue weighted by molar-refractivity contribution is 6.07. The summed E-state index contributed by atoms with van der Waals surface area (Å²) in [5.41, 5.74) is 8.64. The number of aromatic nitrogens is 4. The van der Waals surface area contributed by atoms with Gasteiger partial charge in [0.1, 0.15) is 23.2 Å². The van der Waals surface area contributed by atoms with Gasteiger partial charge >= 0.3 is 0 Å². The van der Waals surface area contributed by atoms with Gasteiger partial charge in [-0.3, -0.25) is 14.7 Å². The molecule has 160 valence electrons. The van der Waals surface area contributed by atoms with Crippen molar-refractivity contribution >= 4 is 34.2 Å². The van der Waals surface area contributed by atoms with Gasteiger partial charge in [-0.1, -0.05) is 12.1 Å². The summed E-state index contributed by atoms with van der Waals surface area (Å²) < 4.78 is 15.1. The number of rotatable bonds is 4. The van der Waals surface area contributed by atoms with Crippen molar-refractivity contribution in [2.24, 2.45) is 5.73 Å². The van der Waals surface area contributed by atoms with Crippen molar-refractivity contribution in [3.8, 4) is 0 Å². The lowest BCUT2D eigenvalue weighted by Crippen LogP contribution is -2.32. The average molecular weight is 431 g/mol. The maximum atomic E-state index is 13.6. The van der Waals surface area contributed by atoms with Crippen LogP contribution in [0.1, 0.15) is 28.9 Å². The molecule has 0 aliphatic carbocycles. The summed E-state index contributed by atoms with van der Waals surface area (Å²) in [6.07, 6.45) is 3.02. The summed E-state index contributed by atoms with van der Waals surface area (Å²) in [5.74, 6) is -1.04. The fourth-order valence-corrected chi connectivity index (χ4v) is 3.90. The number of fused-ring (bicyclic) bond motifs is 2. The lowest BCUT2D eigenvalue weighted by Gasteiger charge is -2.30. The van der Waals surface area contributed by atoms with Gasteiger partial charge in [-0.25, -0.2) is 9.07 Å². The molecule has 10 heteroatoms. The van der Waals surface area contributed by atoms with Crippen LogP contribution in [0.4, 0.5) is 15.9 Å². The highest BCUT2D eigenvalue weighted by atomic mass is 19.1. The largest absolute Gasteiger partial charge is 0.365 e. The molecule has 3 heterocycles. The standard InChI is InChI=1S/C22H18FN7O2/c1-11-18(22(32)28-15-6-7-17-13(8-15)9-25-29-17)19(12-2-4-14(23)5-3-12)30-21(27-11)16(10-26-30)20(24)31/h2-10,19,27H,1H3,(H2,24,31)(H,25,29)(H,28,32). The van der Waals surface area contributed by atoms with E-state index < -0.39 is 17.8 Å². The molecule has 4 aromatic rings. The Hall–Kier alpha value is -4.47. The van der Waals surface area contributed by atoms with Gasteiger partial charge in [-0.2, -0.15) is 10.2 Å². The van der Waals surface area contributed by atoms with Gasteiger partial charge in [-0.15, -0.1) is 0 Å². The first-order valence-corrected chi connectivity index (χ1v) is 9.77. The number of nitrogens with one attached hydrogen (secondary N) is 3. The topological polar surface area (TPSA) is 131 Å².